The van der Waals surface area contributed by atoms with Crippen molar-refractivity contribution < 1.29 is 64.2 Å². The van der Waals surface area contributed by atoms with Gasteiger partial charge < -0.3 is 64.2 Å². The molecule has 13 heteroatoms. The van der Waals surface area contributed by atoms with E-state index in [2.05, 4.69) is 33.8 Å². The molecule has 0 radical (unpaired) electrons. The molecule has 0 amide bonds. The topological polar surface area (TPSA) is 197 Å². The third-order valence-electron chi connectivity index (χ3n) is 15.6. The highest BCUT2D eigenvalue weighted by molar-refractivity contribution is 5.26. The summed E-state index contributed by atoms with van der Waals surface area (Å²) in [5.41, 5.74) is 1.70. The maximum Gasteiger partial charge on any atom is 0.187 e. The van der Waals surface area contributed by atoms with Crippen molar-refractivity contribution in [2.24, 2.45) is 46.3 Å². The van der Waals surface area contributed by atoms with Gasteiger partial charge in [0.1, 0.15) is 48.8 Å². The van der Waals surface area contributed by atoms with Crippen LogP contribution in [0, 0.1) is 46.3 Å². The van der Waals surface area contributed by atoms with Crippen molar-refractivity contribution in [2.75, 3.05) is 19.8 Å². The molecule has 4 aliphatic heterocycles. The fourth-order valence-corrected chi connectivity index (χ4v) is 12.6. The Balaban J connectivity index is 0.913. The van der Waals surface area contributed by atoms with Crippen molar-refractivity contribution in [3.8, 4) is 0 Å². The second-order valence-corrected chi connectivity index (χ2v) is 18.3. The Kier molecular flexibility index (Phi) is 10.3. The van der Waals surface area contributed by atoms with Crippen molar-refractivity contribution in [2.45, 2.75) is 165 Å². The second kappa shape index (κ2) is 14.0. The first-order valence-electron chi connectivity index (χ1n) is 20.0. The molecule has 21 atom stereocenters. The zero-order valence-corrected chi connectivity index (χ0v) is 31.0. The van der Waals surface area contributed by atoms with Crippen LogP contribution in [0.2, 0.25) is 0 Å². The molecule has 52 heavy (non-hydrogen) atoms. The minimum atomic E-state index is -1.72. The van der Waals surface area contributed by atoms with Crippen LogP contribution < -0.4 is 0 Å². The Hall–Kier alpha value is -0.780. The number of allylic oxidation sites excluding steroid dienone is 1. The largest absolute Gasteiger partial charge is 0.394 e. The molecular formula is C39H62O13. The van der Waals surface area contributed by atoms with Crippen LogP contribution in [-0.4, -0.2) is 135 Å². The summed E-state index contributed by atoms with van der Waals surface area (Å²) in [6.07, 6.45) is -3.06. The van der Waals surface area contributed by atoms with E-state index in [4.69, 9.17) is 28.4 Å². The van der Waals surface area contributed by atoms with Crippen molar-refractivity contribution in [3.63, 3.8) is 0 Å². The van der Waals surface area contributed by atoms with Crippen LogP contribution in [0.3, 0.4) is 0 Å². The number of fused-ring (bicyclic) bond motifs is 7. The van der Waals surface area contributed by atoms with Crippen molar-refractivity contribution in [1.29, 1.82) is 0 Å². The number of aliphatic hydroxyl groups is 7. The van der Waals surface area contributed by atoms with Crippen LogP contribution in [-0.2, 0) is 28.4 Å². The second-order valence-electron chi connectivity index (χ2n) is 18.3. The third-order valence-corrected chi connectivity index (χ3v) is 15.6. The first-order valence-corrected chi connectivity index (χ1v) is 20.0. The summed E-state index contributed by atoms with van der Waals surface area (Å²) in [6, 6.07) is 0. The lowest BCUT2D eigenvalue weighted by Gasteiger charge is -2.58. The van der Waals surface area contributed by atoms with E-state index in [1.165, 1.54) is 24.8 Å². The van der Waals surface area contributed by atoms with Gasteiger partial charge in [-0.15, -0.1) is 0 Å². The van der Waals surface area contributed by atoms with E-state index < -0.39 is 80.4 Å². The van der Waals surface area contributed by atoms with Gasteiger partial charge in [0, 0.05) is 12.3 Å². The molecule has 0 aromatic heterocycles. The summed E-state index contributed by atoms with van der Waals surface area (Å²) in [5.74, 6) is 2.92. The lowest BCUT2D eigenvalue weighted by Crippen LogP contribution is -2.65. The maximum absolute atomic E-state index is 11.1. The molecule has 8 rings (SSSR count). The van der Waals surface area contributed by atoms with Crippen LogP contribution in [0.1, 0.15) is 85.5 Å². The lowest BCUT2D eigenvalue weighted by atomic mass is 9.47. The number of ether oxygens (including phenoxy) is 6. The summed E-state index contributed by atoms with van der Waals surface area (Å²) in [5, 5.41) is 72.7. The van der Waals surface area contributed by atoms with Crippen LogP contribution in [0.25, 0.3) is 0 Å². The summed E-state index contributed by atoms with van der Waals surface area (Å²) in [6.45, 7) is 9.20. The first-order chi connectivity index (χ1) is 24.7. The van der Waals surface area contributed by atoms with Gasteiger partial charge in [-0.1, -0.05) is 39.3 Å². The molecule has 0 aromatic rings. The predicted molar refractivity (Wildman–Crippen MR) is 183 cm³/mol. The fraction of sp³-hybridized carbons (Fsp3) is 0.949. The minimum absolute atomic E-state index is 0.0572. The van der Waals surface area contributed by atoms with E-state index in [1.54, 1.807) is 0 Å². The van der Waals surface area contributed by atoms with Crippen LogP contribution in [0.15, 0.2) is 11.6 Å². The Bertz CT molecular complexity index is 1320. The normalized spacial score (nSPS) is 57.5. The quantitative estimate of drug-likeness (QED) is 0.193. The van der Waals surface area contributed by atoms with Crippen molar-refractivity contribution >= 4 is 0 Å². The number of rotatable bonds is 6. The van der Waals surface area contributed by atoms with E-state index in [0.29, 0.717) is 41.9 Å². The maximum atomic E-state index is 11.1. The zero-order valence-electron chi connectivity index (χ0n) is 31.0. The van der Waals surface area contributed by atoms with Gasteiger partial charge in [-0.3, -0.25) is 0 Å². The molecule has 4 heterocycles. The molecule has 4 aliphatic carbocycles. The van der Waals surface area contributed by atoms with E-state index >= 15 is 0 Å². The predicted octanol–water partition coefficient (Wildman–Crippen LogP) is 1.36. The molecule has 0 aromatic carbocycles. The molecule has 8 aliphatic rings. The highest BCUT2D eigenvalue weighted by Crippen LogP contribution is 2.70. The van der Waals surface area contributed by atoms with Crippen LogP contribution >= 0.6 is 0 Å². The van der Waals surface area contributed by atoms with Gasteiger partial charge in [-0.2, -0.15) is 0 Å². The number of hydrogen-bond donors (Lipinski definition) is 7. The molecule has 1 spiro atoms. The van der Waals surface area contributed by atoms with Gasteiger partial charge >= 0.3 is 0 Å². The Morgan fingerprint density at radius 2 is 1.50 bits per heavy atom. The SMILES string of the molecule is C[C@@H]1CC[C@@]2(OC1)OC1CC3C4CC=C5C[C@@H](O[C@@H]6O[C@H](CO)[C@H](O[C@H]7O[C@@H](CO)[C@H](O)[C@@H](O)[C@@H]7O)[C@H](O)[C@H]6O)CC[C@]5(C)C4CC[C@]3(C)C1[C@@H]2C. The molecular weight excluding hydrogens is 676 g/mol. The molecule has 7 fully saturated rings. The van der Waals surface area contributed by atoms with Gasteiger partial charge in [0.05, 0.1) is 32.0 Å². The average molecular weight is 739 g/mol. The van der Waals surface area contributed by atoms with E-state index in [0.717, 1.165) is 38.7 Å². The van der Waals surface area contributed by atoms with Gasteiger partial charge in [0.2, 0.25) is 0 Å². The molecule has 7 N–H and O–H groups in total. The Morgan fingerprint density at radius 1 is 0.788 bits per heavy atom. The molecule has 0 bridgehead atoms. The van der Waals surface area contributed by atoms with Gasteiger partial charge in [0.15, 0.2) is 18.4 Å². The lowest BCUT2D eigenvalue weighted by molar-refractivity contribution is -0.363. The average Bonchev–Trinajstić information content (AvgIpc) is 3.58. The smallest absolute Gasteiger partial charge is 0.187 e. The van der Waals surface area contributed by atoms with E-state index in [-0.39, 0.29) is 23.0 Å². The zero-order chi connectivity index (χ0) is 36.9. The third kappa shape index (κ3) is 5.90. The minimum Gasteiger partial charge on any atom is -0.394 e. The molecule has 4 saturated heterocycles. The van der Waals surface area contributed by atoms with Gasteiger partial charge in [-0.05, 0) is 91.8 Å². The van der Waals surface area contributed by atoms with Crippen molar-refractivity contribution in [3.05, 3.63) is 11.6 Å². The summed E-state index contributed by atoms with van der Waals surface area (Å²) >= 11 is 0. The van der Waals surface area contributed by atoms with Crippen LogP contribution in [0.4, 0.5) is 0 Å². The fourth-order valence-electron chi connectivity index (χ4n) is 12.6. The standard InChI is InChI=1S/C39H62O13/c1-18-7-12-39(47-17-18)19(2)28-25(52-39)14-24-22-6-5-20-13-21(8-10-37(20,3)23(22)9-11-38(24,28)4)48-35-33(46)31(44)34(27(16-41)50-35)51-36-32(45)30(43)29(42)26(15-40)49-36/h5,18-19,21-36,40-46H,6-17H2,1-4H3/t18-,19+,21+,22?,23?,24?,25?,26+,27-,28?,29+,30-,31-,32+,33-,34+,35-,36-,37+,38+,39-/m1/s1. The van der Waals surface area contributed by atoms with Gasteiger partial charge in [-0.25, -0.2) is 0 Å². The summed E-state index contributed by atoms with van der Waals surface area (Å²) in [7, 11) is 0. The van der Waals surface area contributed by atoms with Gasteiger partial charge in [0.25, 0.3) is 0 Å². The number of aliphatic hydroxyl groups excluding tert-OH is 7. The van der Waals surface area contributed by atoms with Crippen LogP contribution in [0.5, 0.6) is 0 Å². The monoisotopic (exact) mass is 738 g/mol. The summed E-state index contributed by atoms with van der Waals surface area (Å²) < 4.78 is 36.9. The highest BCUT2D eigenvalue weighted by atomic mass is 16.7. The summed E-state index contributed by atoms with van der Waals surface area (Å²) in [4.78, 5) is 0. The first kappa shape index (κ1) is 38.1. The van der Waals surface area contributed by atoms with E-state index in [9.17, 15) is 35.7 Å². The molecule has 5 unspecified atom stereocenters. The molecule has 3 saturated carbocycles. The van der Waals surface area contributed by atoms with Crippen molar-refractivity contribution in [1.82, 2.24) is 0 Å². The van der Waals surface area contributed by atoms with E-state index in [1.807, 2.05) is 0 Å². The number of hydrogen-bond acceptors (Lipinski definition) is 13. The Morgan fingerprint density at radius 3 is 2.21 bits per heavy atom. The molecule has 296 valence electrons. The Labute approximate surface area is 306 Å². The molecule has 13 nitrogen and oxygen atoms in total. The highest BCUT2D eigenvalue weighted by Gasteiger charge is 2.68.